The second-order valence-corrected chi connectivity index (χ2v) is 4.98. The largest absolute Gasteiger partial charge is 0.493 e. The molecule has 18 heavy (non-hydrogen) atoms. The van der Waals surface area contributed by atoms with E-state index in [-0.39, 0.29) is 5.41 Å². The summed E-state index contributed by atoms with van der Waals surface area (Å²) in [6.45, 7) is 4.36. The van der Waals surface area contributed by atoms with Crippen molar-refractivity contribution in [2.45, 2.75) is 25.7 Å². The van der Waals surface area contributed by atoms with E-state index in [0.717, 1.165) is 36.3 Å². The lowest BCUT2D eigenvalue weighted by Crippen LogP contribution is -2.13. The van der Waals surface area contributed by atoms with Gasteiger partial charge in [0, 0.05) is 17.5 Å². The summed E-state index contributed by atoms with van der Waals surface area (Å²) in [5, 5.41) is 8.78. The molecule has 0 aromatic heterocycles. The van der Waals surface area contributed by atoms with E-state index in [1.165, 1.54) is 0 Å². The Bertz CT molecular complexity index is 484. The summed E-state index contributed by atoms with van der Waals surface area (Å²) in [6, 6.07) is 7.90. The number of rotatable bonds is 6. The molecule has 1 aliphatic rings. The minimum absolute atomic E-state index is 0.0988. The van der Waals surface area contributed by atoms with Gasteiger partial charge in [0.25, 0.3) is 0 Å². The summed E-state index contributed by atoms with van der Waals surface area (Å²) in [6.07, 6.45) is 5.34. The zero-order valence-electron chi connectivity index (χ0n) is 10.5. The van der Waals surface area contributed by atoms with E-state index in [9.17, 15) is 0 Å². The van der Waals surface area contributed by atoms with Gasteiger partial charge in [0.15, 0.2) is 0 Å². The predicted octanol–water partition coefficient (Wildman–Crippen LogP) is 3.07. The van der Waals surface area contributed by atoms with Gasteiger partial charge in [-0.15, -0.1) is 6.58 Å². The minimum atomic E-state index is 0.0988. The smallest absolute Gasteiger partial charge is 0.122 e. The number of allylic oxidation sites excluding steroid dienone is 1. The summed E-state index contributed by atoms with van der Waals surface area (Å²) in [7, 11) is 0. The van der Waals surface area contributed by atoms with Crippen LogP contribution < -0.4 is 10.5 Å². The van der Waals surface area contributed by atoms with Crippen LogP contribution in [0.4, 0.5) is 5.69 Å². The molecule has 0 aliphatic heterocycles. The molecule has 0 bridgehead atoms. The van der Waals surface area contributed by atoms with Gasteiger partial charge < -0.3 is 10.5 Å². The Labute approximate surface area is 108 Å². The van der Waals surface area contributed by atoms with Crippen LogP contribution in [-0.4, -0.2) is 6.61 Å². The fourth-order valence-electron chi connectivity index (χ4n) is 2.00. The monoisotopic (exact) mass is 242 g/mol. The highest BCUT2D eigenvalue weighted by atomic mass is 16.5. The van der Waals surface area contributed by atoms with Crippen LogP contribution in [-0.2, 0) is 6.42 Å². The summed E-state index contributed by atoms with van der Waals surface area (Å²) in [5.74, 6) is 0.855. The Balaban J connectivity index is 2.05. The summed E-state index contributed by atoms with van der Waals surface area (Å²) >= 11 is 0. The molecule has 0 radical (unpaired) electrons. The number of benzene rings is 1. The van der Waals surface area contributed by atoms with E-state index < -0.39 is 0 Å². The molecule has 1 fully saturated rings. The van der Waals surface area contributed by atoms with Gasteiger partial charge in [-0.1, -0.05) is 6.08 Å². The third kappa shape index (κ3) is 2.84. The lowest BCUT2D eigenvalue weighted by Gasteiger charge is -2.15. The van der Waals surface area contributed by atoms with Crippen molar-refractivity contribution in [3.05, 3.63) is 36.4 Å². The average molecular weight is 242 g/mol. The minimum Gasteiger partial charge on any atom is -0.493 e. The van der Waals surface area contributed by atoms with E-state index in [4.69, 9.17) is 15.7 Å². The quantitative estimate of drug-likeness (QED) is 0.616. The number of hydrogen-bond acceptors (Lipinski definition) is 3. The van der Waals surface area contributed by atoms with Crippen LogP contribution >= 0.6 is 0 Å². The SMILES string of the molecule is C=CCc1cc(N)ccc1OCC1(CC#N)CC1. The Hall–Kier alpha value is -1.95. The van der Waals surface area contributed by atoms with Gasteiger partial charge in [0.05, 0.1) is 12.7 Å². The molecular weight excluding hydrogens is 224 g/mol. The van der Waals surface area contributed by atoms with Crippen molar-refractivity contribution in [3.63, 3.8) is 0 Å². The molecule has 0 unspecified atom stereocenters. The predicted molar refractivity (Wildman–Crippen MR) is 72.1 cm³/mol. The van der Waals surface area contributed by atoms with Crippen LogP contribution in [0.3, 0.4) is 0 Å². The maximum Gasteiger partial charge on any atom is 0.122 e. The number of nitriles is 1. The summed E-state index contributed by atoms with van der Waals surface area (Å²) in [4.78, 5) is 0. The molecule has 94 valence electrons. The van der Waals surface area contributed by atoms with Crippen LogP contribution in [0.1, 0.15) is 24.8 Å². The molecule has 2 rings (SSSR count). The van der Waals surface area contributed by atoms with Crippen LogP contribution in [0.15, 0.2) is 30.9 Å². The second-order valence-electron chi connectivity index (χ2n) is 4.98. The molecule has 1 aromatic carbocycles. The molecule has 3 heteroatoms. The van der Waals surface area contributed by atoms with Gasteiger partial charge in [-0.05, 0) is 43.0 Å². The van der Waals surface area contributed by atoms with Crippen molar-refractivity contribution in [3.8, 4) is 11.8 Å². The molecule has 1 saturated carbocycles. The average Bonchev–Trinajstić information content (AvgIpc) is 3.09. The summed E-state index contributed by atoms with van der Waals surface area (Å²) < 4.78 is 5.87. The van der Waals surface area contributed by atoms with Gasteiger partial charge in [-0.3, -0.25) is 0 Å². The van der Waals surface area contributed by atoms with Gasteiger partial charge in [-0.25, -0.2) is 0 Å². The first-order chi connectivity index (χ1) is 8.69. The van der Waals surface area contributed by atoms with Crippen LogP contribution in [0.25, 0.3) is 0 Å². The normalized spacial score (nSPS) is 15.7. The molecule has 0 spiro atoms. The van der Waals surface area contributed by atoms with E-state index >= 15 is 0 Å². The lowest BCUT2D eigenvalue weighted by molar-refractivity contribution is 0.235. The zero-order chi connectivity index (χ0) is 13.0. The van der Waals surface area contributed by atoms with Gasteiger partial charge >= 0.3 is 0 Å². The number of hydrogen-bond donors (Lipinski definition) is 1. The number of nitrogens with zero attached hydrogens (tertiary/aromatic N) is 1. The Morgan fingerprint density at radius 2 is 2.28 bits per heavy atom. The number of ether oxygens (including phenoxy) is 1. The fraction of sp³-hybridized carbons (Fsp3) is 0.400. The Morgan fingerprint density at radius 3 is 2.89 bits per heavy atom. The van der Waals surface area contributed by atoms with Crippen molar-refractivity contribution in [1.82, 2.24) is 0 Å². The highest BCUT2D eigenvalue weighted by Crippen LogP contribution is 2.48. The van der Waals surface area contributed by atoms with Crippen molar-refractivity contribution in [2.75, 3.05) is 12.3 Å². The first-order valence-corrected chi connectivity index (χ1v) is 6.18. The molecule has 0 atom stereocenters. The molecular formula is C15H18N2O. The lowest BCUT2D eigenvalue weighted by atomic mass is 10.1. The highest BCUT2D eigenvalue weighted by molar-refractivity contribution is 5.48. The zero-order valence-corrected chi connectivity index (χ0v) is 10.5. The third-order valence-corrected chi connectivity index (χ3v) is 3.39. The van der Waals surface area contributed by atoms with Crippen molar-refractivity contribution >= 4 is 5.69 Å². The Kier molecular flexibility index (Phi) is 3.57. The first kappa shape index (κ1) is 12.5. The molecule has 1 aromatic rings. The number of nitrogens with two attached hydrogens (primary N) is 1. The fourth-order valence-corrected chi connectivity index (χ4v) is 2.00. The first-order valence-electron chi connectivity index (χ1n) is 6.18. The van der Waals surface area contributed by atoms with Gasteiger partial charge in [0.1, 0.15) is 5.75 Å². The summed E-state index contributed by atoms with van der Waals surface area (Å²) in [5.41, 5.74) is 7.65. The van der Waals surface area contributed by atoms with Crippen molar-refractivity contribution in [1.29, 1.82) is 5.26 Å². The number of nitrogen functional groups attached to an aromatic ring is 1. The molecule has 0 saturated heterocycles. The van der Waals surface area contributed by atoms with Crippen LogP contribution in [0.5, 0.6) is 5.75 Å². The molecule has 0 heterocycles. The molecule has 0 amide bonds. The van der Waals surface area contributed by atoms with Gasteiger partial charge in [-0.2, -0.15) is 5.26 Å². The third-order valence-electron chi connectivity index (χ3n) is 3.39. The van der Waals surface area contributed by atoms with Crippen LogP contribution in [0.2, 0.25) is 0 Å². The van der Waals surface area contributed by atoms with Gasteiger partial charge in [0.2, 0.25) is 0 Å². The maximum absolute atomic E-state index is 8.78. The molecule has 1 aliphatic carbocycles. The maximum atomic E-state index is 8.78. The van der Waals surface area contributed by atoms with Crippen LogP contribution in [0, 0.1) is 16.7 Å². The van der Waals surface area contributed by atoms with E-state index in [1.807, 2.05) is 24.3 Å². The van der Waals surface area contributed by atoms with Crippen molar-refractivity contribution in [2.24, 2.45) is 5.41 Å². The van der Waals surface area contributed by atoms with Crippen molar-refractivity contribution < 1.29 is 4.74 Å². The van der Waals surface area contributed by atoms with E-state index in [1.54, 1.807) is 0 Å². The van der Waals surface area contributed by atoms with E-state index in [2.05, 4.69) is 12.6 Å². The topological polar surface area (TPSA) is 59.0 Å². The second kappa shape index (κ2) is 5.14. The Morgan fingerprint density at radius 1 is 1.50 bits per heavy atom. The molecule has 2 N–H and O–H groups in total. The highest BCUT2D eigenvalue weighted by Gasteiger charge is 2.43. The number of anilines is 1. The molecule has 3 nitrogen and oxygen atoms in total. The standard InChI is InChI=1S/C15H18N2O/c1-2-3-12-10-13(17)4-5-14(12)18-11-15(6-7-15)8-9-16/h2,4-5,10H,1,3,6-8,11,17H2. The van der Waals surface area contributed by atoms with E-state index in [0.29, 0.717) is 13.0 Å².